The first-order chi connectivity index (χ1) is 12.2. The molecule has 0 saturated heterocycles. The maximum Gasteiger partial charge on any atom is 0.225 e. The zero-order valence-corrected chi connectivity index (χ0v) is 14.4. The van der Waals surface area contributed by atoms with E-state index in [-0.39, 0.29) is 0 Å². The molecule has 0 amide bonds. The van der Waals surface area contributed by atoms with E-state index in [1.807, 2.05) is 43.2 Å². The lowest BCUT2D eigenvalue weighted by Gasteiger charge is -2.27. The SMILES string of the molecule is Cc1cnc(N2CCc3c(c(COc4cccnc4)nn3C)C2)nc1. The highest BCUT2D eigenvalue weighted by atomic mass is 16.5. The van der Waals surface area contributed by atoms with Crippen molar-refractivity contribution in [2.75, 3.05) is 11.4 Å². The molecule has 0 unspecified atom stereocenters. The lowest BCUT2D eigenvalue weighted by atomic mass is 10.1. The van der Waals surface area contributed by atoms with Crippen LogP contribution < -0.4 is 9.64 Å². The Hall–Kier alpha value is -2.96. The second kappa shape index (κ2) is 6.51. The minimum atomic E-state index is 0.428. The standard InChI is InChI=1S/C18H20N6O/c1-13-8-20-18(21-9-13)24-7-5-17-15(11-24)16(22-23(17)2)12-25-14-4-3-6-19-10-14/h3-4,6,8-10H,5,7,11-12H2,1-2H3. The van der Waals surface area contributed by atoms with Crippen molar-refractivity contribution in [2.45, 2.75) is 26.5 Å². The van der Waals surface area contributed by atoms with Gasteiger partial charge in [0, 0.05) is 56.4 Å². The predicted octanol–water partition coefficient (Wildman–Crippen LogP) is 2.06. The van der Waals surface area contributed by atoms with E-state index in [2.05, 4.69) is 25.0 Å². The Kier molecular flexibility index (Phi) is 4.05. The fourth-order valence-electron chi connectivity index (χ4n) is 3.09. The van der Waals surface area contributed by atoms with Crippen molar-refractivity contribution in [2.24, 2.45) is 7.05 Å². The van der Waals surface area contributed by atoms with Gasteiger partial charge in [-0.3, -0.25) is 9.67 Å². The van der Waals surface area contributed by atoms with Crippen molar-refractivity contribution < 1.29 is 4.74 Å². The van der Waals surface area contributed by atoms with Crippen molar-refractivity contribution in [1.29, 1.82) is 0 Å². The molecule has 25 heavy (non-hydrogen) atoms. The van der Waals surface area contributed by atoms with Gasteiger partial charge >= 0.3 is 0 Å². The molecule has 4 heterocycles. The van der Waals surface area contributed by atoms with Gasteiger partial charge in [-0.15, -0.1) is 0 Å². The van der Waals surface area contributed by atoms with Crippen LogP contribution in [0.25, 0.3) is 0 Å². The molecule has 0 aromatic carbocycles. The molecule has 7 nitrogen and oxygen atoms in total. The van der Waals surface area contributed by atoms with Crippen LogP contribution in [0.4, 0.5) is 5.95 Å². The minimum absolute atomic E-state index is 0.428. The van der Waals surface area contributed by atoms with E-state index in [4.69, 9.17) is 4.74 Å². The van der Waals surface area contributed by atoms with Crippen LogP contribution >= 0.6 is 0 Å². The number of rotatable bonds is 4. The van der Waals surface area contributed by atoms with Crippen LogP contribution in [0.5, 0.6) is 5.75 Å². The van der Waals surface area contributed by atoms with Gasteiger partial charge in [-0.2, -0.15) is 5.10 Å². The molecular weight excluding hydrogens is 316 g/mol. The van der Waals surface area contributed by atoms with E-state index in [0.717, 1.165) is 42.5 Å². The Morgan fingerprint density at radius 3 is 2.80 bits per heavy atom. The number of hydrogen-bond donors (Lipinski definition) is 0. The van der Waals surface area contributed by atoms with Gasteiger partial charge in [-0.1, -0.05) is 0 Å². The fraction of sp³-hybridized carbons (Fsp3) is 0.333. The van der Waals surface area contributed by atoms with Crippen LogP contribution in [-0.4, -0.2) is 31.3 Å². The van der Waals surface area contributed by atoms with Gasteiger partial charge < -0.3 is 9.64 Å². The first-order valence-corrected chi connectivity index (χ1v) is 8.31. The largest absolute Gasteiger partial charge is 0.486 e. The summed E-state index contributed by atoms with van der Waals surface area (Å²) in [6, 6.07) is 3.76. The van der Waals surface area contributed by atoms with Gasteiger partial charge in [0.25, 0.3) is 0 Å². The van der Waals surface area contributed by atoms with Crippen molar-refractivity contribution in [3.63, 3.8) is 0 Å². The molecule has 4 rings (SSSR count). The summed E-state index contributed by atoms with van der Waals surface area (Å²) in [5.41, 5.74) is 4.49. The Labute approximate surface area is 146 Å². The van der Waals surface area contributed by atoms with Gasteiger partial charge in [-0.05, 0) is 24.6 Å². The van der Waals surface area contributed by atoms with Gasteiger partial charge in [0.15, 0.2) is 0 Å². The molecule has 0 atom stereocenters. The lowest BCUT2D eigenvalue weighted by molar-refractivity contribution is 0.297. The Bertz CT molecular complexity index is 859. The first-order valence-electron chi connectivity index (χ1n) is 8.31. The molecule has 7 heteroatoms. The molecule has 1 aliphatic heterocycles. The molecule has 1 aliphatic rings. The molecule has 3 aromatic heterocycles. The van der Waals surface area contributed by atoms with Gasteiger partial charge in [0.05, 0.1) is 6.20 Å². The molecule has 128 valence electrons. The second-order valence-corrected chi connectivity index (χ2v) is 6.20. The third kappa shape index (κ3) is 3.17. The number of fused-ring (bicyclic) bond motifs is 1. The van der Waals surface area contributed by atoms with Crippen molar-refractivity contribution in [3.05, 3.63) is 59.4 Å². The summed E-state index contributed by atoms with van der Waals surface area (Å²) in [7, 11) is 1.99. The summed E-state index contributed by atoms with van der Waals surface area (Å²) in [4.78, 5) is 15.2. The first kappa shape index (κ1) is 15.6. The molecule has 0 bridgehead atoms. The zero-order chi connectivity index (χ0) is 17.2. The van der Waals surface area contributed by atoms with Crippen LogP contribution in [0.15, 0.2) is 36.9 Å². The molecule has 0 saturated carbocycles. The van der Waals surface area contributed by atoms with E-state index in [9.17, 15) is 0 Å². The third-order valence-corrected chi connectivity index (χ3v) is 4.39. The van der Waals surface area contributed by atoms with Crippen LogP contribution in [0.2, 0.25) is 0 Å². The number of ether oxygens (including phenoxy) is 1. The predicted molar refractivity (Wildman–Crippen MR) is 93.3 cm³/mol. The third-order valence-electron chi connectivity index (χ3n) is 4.39. The molecule has 0 fully saturated rings. The smallest absolute Gasteiger partial charge is 0.225 e. The average Bonchev–Trinajstić information content (AvgIpc) is 2.97. The topological polar surface area (TPSA) is 69.0 Å². The summed E-state index contributed by atoms with van der Waals surface area (Å²) in [5, 5.41) is 4.65. The average molecular weight is 336 g/mol. The van der Waals surface area contributed by atoms with E-state index >= 15 is 0 Å². The fourth-order valence-corrected chi connectivity index (χ4v) is 3.09. The van der Waals surface area contributed by atoms with Gasteiger partial charge in [-0.25, -0.2) is 9.97 Å². The van der Waals surface area contributed by atoms with Crippen molar-refractivity contribution >= 4 is 5.95 Å². The van der Waals surface area contributed by atoms with E-state index in [1.165, 1.54) is 11.3 Å². The van der Waals surface area contributed by atoms with E-state index in [0.29, 0.717) is 6.61 Å². The van der Waals surface area contributed by atoms with Crippen LogP contribution in [0.1, 0.15) is 22.5 Å². The maximum absolute atomic E-state index is 5.84. The molecule has 0 aliphatic carbocycles. The molecule has 3 aromatic rings. The van der Waals surface area contributed by atoms with Crippen molar-refractivity contribution in [1.82, 2.24) is 24.7 Å². The highest BCUT2D eigenvalue weighted by molar-refractivity contribution is 5.39. The lowest BCUT2D eigenvalue weighted by Crippen LogP contribution is -2.32. The number of pyridine rings is 1. The van der Waals surface area contributed by atoms with Crippen LogP contribution in [0.3, 0.4) is 0 Å². The summed E-state index contributed by atoms with van der Waals surface area (Å²) < 4.78 is 7.80. The highest BCUT2D eigenvalue weighted by Gasteiger charge is 2.25. The highest BCUT2D eigenvalue weighted by Crippen LogP contribution is 2.25. The van der Waals surface area contributed by atoms with E-state index in [1.54, 1.807) is 12.4 Å². The molecule has 0 radical (unpaired) electrons. The number of nitrogens with zero attached hydrogens (tertiary/aromatic N) is 6. The zero-order valence-electron chi connectivity index (χ0n) is 14.4. The summed E-state index contributed by atoms with van der Waals surface area (Å²) in [6.07, 6.45) is 8.07. The summed E-state index contributed by atoms with van der Waals surface area (Å²) >= 11 is 0. The minimum Gasteiger partial charge on any atom is -0.486 e. The number of anilines is 1. The van der Waals surface area contributed by atoms with Gasteiger partial charge in [0.2, 0.25) is 5.95 Å². The summed E-state index contributed by atoms with van der Waals surface area (Å²) in [6.45, 7) is 4.06. The molecule has 0 spiro atoms. The summed E-state index contributed by atoms with van der Waals surface area (Å²) in [5.74, 6) is 1.51. The number of aryl methyl sites for hydroxylation is 2. The quantitative estimate of drug-likeness (QED) is 0.726. The van der Waals surface area contributed by atoms with Crippen molar-refractivity contribution in [3.8, 4) is 5.75 Å². The van der Waals surface area contributed by atoms with Gasteiger partial charge in [0.1, 0.15) is 18.1 Å². The normalized spacial score (nSPS) is 13.6. The maximum atomic E-state index is 5.84. The van der Waals surface area contributed by atoms with E-state index < -0.39 is 0 Å². The second-order valence-electron chi connectivity index (χ2n) is 6.20. The number of hydrogen-bond acceptors (Lipinski definition) is 6. The Morgan fingerprint density at radius 1 is 1.20 bits per heavy atom. The monoisotopic (exact) mass is 336 g/mol. The number of aromatic nitrogens is 5. The Morgan fingerprint density at radius 2 is 2.04 bits per heavy atom. The molecule has 0 N–H and O–H groups in total. The van der Waals surface area contributed by atoms with Crippen LogP contribution in [0, 0.1) is 6.92 Å². The molecular formula is C18H20N6O. The Balaban J connectivity index is 1.55. The van der Waals surface area contributed by atoms with Crippen LogP contribution in [-0.2, 0) is 26.6 Å².